The van der Waals surface area contributed by atoms with E-state index in [4.69, 9.17) is 11.6 Å². The van der Waals surface area contributed by atoms with Crippen LogP contribution in [-0.4, -0.2) is 37.0 Å². The first-order valence-corrected chi connectivity index (χ1v) is 7.76. The number of rotatable bonds is 5. The molecule has 1 unspecified atom stereocenters. The fraction of sp³-hybridized carbons (Fsp3) is 0.500. The number of amides is 2. The number of benzene rings is 1. The predicted octanol–water partition coefficient (Wildman–Crippen LogP) is 1.24. The van der Waals surface area contributed by atoms with Gasteiger partial charge < -0.3 is 15.5 Å². The summed E-state index contributed by atoms with van der Waals surface area (Å²) in [7, 11) is 1.76. The molecule has 0 aliphatic heterocycles. The largest absolute Gasteiger partial charge is 0.347 e. The standard InChI is InChI=1S/C16H23ClFN3O2/c1-10(21(5)9-14(22)20-16(2,3)4)15(23)19-13-7-6-11(18)8-12(13)17/h6-8,10H,9H2,1-5H3,(H,19,23)(H,20,22)/p+1/t10-/m0/s1. The molecular weight excluding hydrogens is 321 g/mol. The minimum atomic E-state index is -0.471. The monoisotopic (exact) mass is 344 g/mol. The lowest BCUT2D eigenvalue weighted by molar-refractivity contribution is -0.885. The van der Waals surface area contributed by atoms with E-state index in [1.807, 2.05) is 20.8 Å². The van der Waals surface area contributed by atoms with Crippen LogP contribution in [-0.2, 0) is 9.59 Å². The molecule has 0 radical (unpaired) electrons. The highest BCUT2D eigenvalue weighted by atomic mass is 35.5. The van der Waals surface area contributed by atoms with Crippen molar-refractivity contribution in [2.75, 3.05) is 18.9 Å². The normalized spacial score (nSPS) is 14.0. The Labute approximate surface area is 141 Å². The number of anilines is 1. The van der Waals surface area contributed by atoms with Crippen LogP contribution in [0.4, 0.5) is 10.1 Å². The van der Waals surface area contributed by atoms with Crippen LogP contribution in [0, 0.1) is 5.82 Å². The van der Waals surface area contributed by atoms with Crippen LogP contribution in [0.5, 0.6) is 0 Å². The number of carbonyl (C=O) groups is 2. The minimum absolute atomic E-state index is 0.130. The predicted molar refractivity (Wildman–Crippen MR) is 89.2 cm³/mol. The summed E-state index contributed by atoms with van der Waals surface area (Å²) in [5, 5.41) is 5.64. The van der Waals surface area contributed by atoms with Gasteiger partial charge in [0.1, 0.15) is 5.82 Å². The first-order chi connectivity index (χ1) is 10.5. The lowest BCUT2D eigenvalue weighted by atomic mass is 10.1. The van der Waals surface area contributed by atoms with Crippen LogP contribution in [0.3, 0.4) is 0 Å². The fourth-order valence-electron chi connectivity index (χ4n) is 1.92. The molecule has 1 aromatic carbocycles. The number of quaternary nitrogens is 1. The van der Waals surface area contributed by atoms with Gasteiger partial charge in [-0.2, -0.15) is 0 Å². The molecule has 5 nitrogen and oxygen atoms in total. The maximum absolute atomic E-state index is 13.0. The van der Waals surface area contributed by atoms with Crippen molar-refractivity contribution < 1.29 is 18.9 Å². The molecule has 2 amide bonds. The highest BCUT2D eigenvalue weighted by molar-refractivity contribution is 6.33. The molecule has 3 N–H and O–H groups in total. The number of carbonyl (C=O) groups excluding carboxylic acids is 2. The van der Waals surface area contributed by atoms with Gasteiger partial charge >= 0.3 is 0 Å². The van der Waals surface area contributed by atoms with E-state index in [9.17, 15) is 14.0 Å². The molecule has 0 saturated carbocycles. The number of hydrogen-bond acceptors (Lipinski definition) is 2. The molecule has 128 valence electrons. The third-order valence-corrected chi connectivity index (χ3v) is 3.59. The van der Waals surface area contributed by atoms with Crippen molar-refractivity contribution in [3.05, 3.63) is 29.0 Å². The third-order valence-electron chi connectivity index (χ3n) is 3.28. The van der Waals surface area contributed by atoms with Crippen molar-refractivity contribution in [3.8, 4) is 0 Å². The Morgan fingerprint density at radius 1 is 1.35 bits per heavy atom. The van der Waals surface area contributed by atoms with Gasteiger partial charge in [0.25, 0.3) is 11.8 Å². The van der Waals surface area contributed by atoms with Crippen LogP contribution >= 0.6 is 11.6 Å². The maximum atomic E-state index is 13.0. The zero-order valence-corrected chi connectivity index (χ0v) is 14.8. The second kappa shape index (κ2) is 7.75. The summed E-state index contributed by atoms with van der Waals surface area (Å²) in [4.78, 5) is 24.9. The van der Waals surface area contributed by atoms with E-state index in [0.29, 0.717) is 5.69 Å². The maximum Gasteiger partial charge on any atom is 0.282 e. The van der Waals surface area contributed by atoms with E-state index in [0.717, 1.165) is 11.0 Å². The number of halogens is 2. The summed E-state index contributed by atoms with van der Waals surface area (Å²) in [6.45, 7) is 7.57. The van der Waals surface area contributed by atoms with Crippen molar-refractivity contribution in [1.29, 1.82) is 0 Å². The molecule has 0 fully saturated rings. The topological polar surface area (TPSA) is 62.6 Å². The third kappa shape index (κ3) is 6.54. The highest BCUT2D eigenvalue weighted by Gasteiger charge is 2.25. The highest BCUT2D eigenvalue weighted by Crippen LogP contribution is 2.22. The van der Waals surface area contributed by atoms with Gasteiger partial charge in [0.2, 0.25) is 0 Å². The van der Waals surface area contributed by atoms with Gasteiger partial charge in [-0.1, -0.05) is 11.6 Å². The van der Waals surface area contributed by atoms with Crippen molar-refractivity contribution in [1.82, 2.24) is 5.32 Å². The van der Waals surface area contributed by atoms with E-state index < -0.39 is 11.9 Å². The summed E-state index contributed by atoms with van der Waals surface area (Å²) < 4.78 is 13.0. The smallest absolute Gasteiger partial charge is 0.282 e. The zero-order chi connectivity index (χ0) is 17.8. The summed E-state index contributed by atoms with van der Waals surface area (Å²) in [5.74, 6) is -0.892. The van der Waals surface area contributed by atoms with E-state index in [2.05, 4.69) is 10.6 Å². The Morgan fingerprint density at radius 2 is 1.96 bits per heavy atom. The second-order valence-corrected chi connectivity index (χ2v) is 7.06. The van der Waals surface area contributed by atoms with E-state index in [1.54, 1.807) is 14.0 Å². The average molecular weight is 345 g/mol. The minimum Gasteiger partial charge on any atom is -0.347 e. The summed E-state index contributed by atoms with van der Waals surface area (Å²) in [6, 6.07) is 3.29. The number of nitrogens with one attached hydrogen (secondary N) is 3. The molecule has 0 aromatic heterocycles. The number of hydrogen-bond donors (Lipinski definition) is 3. The van der Waals surface area contributed by atoms with Gasteiger partial charge in [-0.15, -0.1) is 0 Å². The van der Waals surface area contributed by atoms with Gasteiger partial charge in [0.05, 0.1) is 17.8 Å². The average Bonchev–Trinajstić information content (AvgIpc) is 2.38. The molecule has 0 saturated heterocycles. The first kappa shape index (κ1) is 19.4. The SMILES string of the molecule is C[C@@H](C(=O)Nc1ccc(F)cc1Cl)[NH+](C)CC(=O)NC(C)(C)C. The van der Waals surface area contributed by atoms with Crippen molar-refractivity contribution in [3.63, 3.8) is 0 Å². The van der Waals surface area contributed by atoms with Gasteiger partial charge in [0, 0.05) is 5.54 Å². The molecule has 1 aromatic rings. The summed E-state index contributed by atoms with van der Waals surface area (Å²) in [5.41, 5.74) is 0.0293. The quantitative estimate of drug-likeness (QED) is 0.752. The Kier molecular flexibility index (Phi) is 6.53. The summed E-state index contributed by atoms with van der Waals surface area (Å²) in [6.07, 6.45) is 0. The van der Waals surface area contributed by atoms with Crippen LogP contribution in [0.1, 0.15) is 27.7 Å². The van der Waals surface area contributed by atoms with E-state index in [-0.39, 0.29) is 28.9 Å². The van der Waals surface area contributed by atoms with Gasteiger partial charge in [-0.3, -0.25) is 9.59 Å². The Hall–Kier alpha value is -1.66. The van der Waals surface area contributed by atoms with Crippen LogP contribution in [0.25, 0.3) is 0 Å². The van der Waals surface area contributed by atoms with E-state index >= 15 is 0 Å². The molecule has 23 heavy (non-hydrogen) atoms. The molecule has 1 rings (SSSR count). The molecular formula is C16H24ClFN3O2+. The van der Waals surface area contributed by atoms with Crippen LogP contribution in [0.2, 0.25) is 5.02 Å². The van der Waals surface area contributed by atoms with Crippen LogP contribution < -0.4 is 15.5 Å². The molecule has 0 spiro atoms. The molecule has 2 atom stereocenters. The van der Waals surface area contributed by atoms with Crippen molar-refractivity contribution in [2.45, 2.75) is 39.3 Å². The second-order valence-electron chi connectivity index (χ2n) is 6.66. The van der Waals surface area contributed by atoms with Crippen molar-refractivity contribution >= 4 is 29.1 Å². The van der Waals surface area contributed by atoms with Crippen molar-refractivity contribution in [2.24, 2.45) is 0 Å². The Balaban J connectivity index is 2.63. The molecule has 0 heterocycles. The first-order valence-electron chi connectivity index (χ1n) is 7.39. The van der Waals surface area contributed by atoms with Gasteiger partial charge in [-0.25, -0.2) is 4.39 Å². The summed E-state index contributed by atoms with van der Waals surface area (Å²) >= 11 is 5.89. The molecule has 0 bridgehead atoms. The number of likely N-dealkylation sites (N-methyl/N-ethyl adjacent to an activating group) is 1. The van der Waals surface area contributed by atoms with Gasteiger partial charge in [-0.05, 0) is 45.9 Å². The van der Waals surface area contributed by atoms with Crippen LogP contribution in [0.15, 0.2) is 18.2 Å². The molecule has 0 aliphatic rings. The Bertz CT molecular complexity index is 587. The lowest BCUT2D eigenvalue weighted by Crippen LogP contribution is -3.15. The lowest BCUT2D eigenvalue weighted by Gasteiger charge is -2.24. The molecule has 0 aliphatic carbocycles. The van der Waals surface area contributed by atoms with Gasteiger partial charge in [0.15, 0.2) is 12.6 Å². The van der Waals surface area contributed by atoms with E-state index in [1.165, 1.54) is 12.1 Å². The zero-order valence-electron chi connectivity index (χ0n) is 14.1. The molecule has 7 heteroatoms. The fourth-order valence-corrected chi connectivity index (χ4v) is 2.14. The Morgan fingerprint density at radius 3 is 2.48 bits per heavy atom.